The molecule has 0 spiro atoms. The van der Waals surface area contributed by atoms with Gasteiger partial charge in [0.15, 0.2) is 0 Å². The second kappa shape index (κ2) is 5.92. The number of aliphatic hydroxyl groups excluding tert-OH is 4. The van der Waals surface area contributed by atoms with Crippen LogP contribution in [0.25, 0.3) is 0 Å². The second-order valence-electron chi connectivity index (χ2n) is 3.82. The van der Waals surface area contributed by atoms with Crippen LogP contribution in [0.5, 0.6) is 0 Å². The van der Waals surface area contributed by atoms with Gasteiger partial charge < -0.3 is 35.0 Å². The Morgan fingerprint density at radius 1 is 1.33 bits per heavy atom. The highest BCUT2D eigenvalue weighted by atomic mass is 35.6. The molecule has 1 aliphatic rings. The van der Waals surface area contributed by atoms with Crippen molar-refractivity contribution in [1.82, 2.24) is 0 Å². The number of hydrogen-bond acceptors (Lipinski definition) is 7. The van der Waals surface area contributed by atoms with Gasteiger partial charge in [-0.05, 0) is 0 Å². The van der Waals surface area contributed by atoms with Crippen molar-refractivity contribution in [3.8, 4) is 0 Å². The lowest BCUT2D eigenvalue weighted by atomic mass is 10.1. The molecule has 0 aromatic heterocycles. The topological polar surface area (TPSA) is 120 Å². The molecule has 0 aromatic rings. The molecule has 10 heteroatoms. The summed E-state index contributed by atoms with van der Waals surface area (Å²) in [5.74, 6) is -2.32. The largest absolute Gasteiger partial charge is 0.394 e. The van der Waals surface area contributed by atoms with E-state index in [1.54, 1.807) is 0 Å². The molecule has 0 saturated carbocycles. The summed E-state index contributed by atoms with van der Waals surface area (Å²) in [6.45, 7) is -1.38. The summed E-state index contributed by atoms with van der Waals surface area (Å²) in [7, 11) is 0. The Labute approximate surface area is 117 Å². The van der Waals surface area contributed by atoms with Crippen LogP contribution in [0.4, 0.5) is 0 Å². The molecule has 1 aliphatic heterocycles. The number of ether oxygens (including phenoxy) is 2. The summed E-state index contributed by atoms with van der Waals surface area (Å²) in [6, 6.07) is 0. The SMILES string of the molecule is OCC1OC(O)(COC(O)C(Cl)(Cl)Cl)C(O)C1O. The van der Waals surface area contributed by atoms with Crippen molar-refractivity contribution in [1.29, 1.82) is 0 Å². The Kier molecular flexibility index (Phi) is 5.48. The number of rotatable bonds is 4. The van der Waals surface area contributed by atoms with E-state index in [-0.39, 0.29) is 0 Å². The fourth-order valence-corrected chi connectivity index (χ4v) is 1.62. The summed E-state index contributed by atoms with van der Waals surface area (Å²) < 4.78 is 7.32. The van der Waals surface area contributed by atoms with Gasteiger partial charge in [0, 0.05) is 0 Å². The molecular formula is C8H13Cl3O7. The van der Waals surface area contributed by atoms with Crippen LogP contribution in [0, 0.1) is 0 Å². The van der Waals surface area contributed by atoms with Gasteiger partial charge in [0.05, 0.1) is 6.61 Å². The highest BCUT2D eigenvalue weighted by molar-refractivity contribution is 6.67. The molecule has 1 saturated heterocycles. The van der Waals surface area contributed by atoms with Gasteiger partial charge in [-0.2, -0.15) is 0 Å². The predicted octanol–water partition coefficient (Wildman–Crippen LogP) is -1.51. The molecule has 1 heterocycles. The minimum absolute atomic E-state index is 0.618. The maximum atomic E-state index is 9.84. The molecule has 18 heavy (non-hydrogen) atoms. The van der Waals surface area contributed by atoms with Gasteiger partial charge in [-0.1, -0.05) is 34.8 Å². The summed E-state index contributed by atoms with van der Waals surface area (Å²) in [4.78, 5) is 0. The van der Waals surface area contributed by atoms with Gasteiger partial charge in [-0.3, -0.25) is 0 Å². The van der Waals surface area contributed by atoms with Gasteiger partial charge in [-0.15, -0.1) is 0 Å². The molecule has 1 rings (SSSR count). The van der Waals surface area contributed by atoms with Crippen molar-refractivity contribution < 1.29 is 35.0 Å². The number of halogens is 3. The Morgan fingerprint density at radius 2 is 1.89 bits per heavy atom. The van der Waals surface area contributed by atoms with Crippen LogP contribution in [0.2, 0.25) is 0 Å². The van der Waals surface area contributed by atoms with Crippen LogP contribution >= 0.6 is 34.8 Å². The summed E-state index contributed by atoms with van der Waals surface area (Å²) in [5, 5.41) is 46.9. The number of aliphatic hydroxyl groups is 5. The Balaban J connectivity index is 2.61. The Bertz CT molecular complexity index is 286. The molecule has 5 unspecified atom stereocenters. The fourth-order valence-electron chi connectivity index (χ4n) is 1.43. The summed E-state index contributed by atoms with van der Waals surface area (Å²) in [6.07, 6.45) is -6.29. The van der Waals surface area contributed by atoms with Crippen LogP contribution in [-0.4, -0.2) is 72.9 Å². The van der Waals surface area contributed by atoms with Crippen LogP contribution in [-0.2, 0) is 9.47 Å². The molecule has 0 radical (unpaired) electrons. The van der Waals surface area contributed by atoms with Crippen LogP contribution in [0.15, 0.2) is 0 Å². The average Bonchev–Trinajstić information content (AvgIpc) is 2.50. The standard InChI is InChI=1S/C8H13Cl3O7/c9-8(10,11)6(15)17-2-7(16)5(14)4(13)3(1-12)18-7/h3-6,12-16H,1-2H2. The first-order chi connectivity index (χ1) is 8.12. The van der Waals surface area contributed by atoms with Gasteiger partial charge in [0.1, 0.15) is 24.9 Å². The molecule has 0 amide bonds. The molecular weight excluding hydrogens is 314 g/mol. The first-order valence-electron chi connectivity index (χ1n) is 4.85. The monoisotopic (exact) mass is 326 g/mol. The van der Waals surface area contributed by atoms with E-state index in [1.165, 1.54) is 0 Å². The smallest absolute Gasteiger partial charge is 0.240 e. The lowest BCUT2D eigenvalue weighted by Gasteiger charge is -2.28. The first-order valence-corrected chi connectivity index (χ1v) is 5.99. The molecule has 1 fully saturated rings. The zero-order chi connectivity index (χ0) is 14.1. The second-order valence-corrected chi connectivity index (χ2v) is 6.19. The number of alkyl halides is 3. The molecule has 0 aromatic carbocycles. The average molecular weight is 328 g/mol. The minimum Gasteiger partial charge on any atom is -0.394 e. The van der Waals surface area contributed by atoms with E-state index in [1.807, 2.05) is 0 Å². The molecule has 7 nitrogen and oxygen atoms in total. The van der Waals surface area contributed by atoms with Gasteiger partial charge >= 0.3 is 0 Å². The van der Waals surface area contributed by atoms with E-state index in [0.717, 1.165) is 0 Å². The van der Waals surface area contributed by atoms with Crippen LogP contribution in [0.1, 0.15) is 0 Å². The van der Waals surface area contributed by atoms with E-state index in [9.17, 15) is 20.4 Å². The lowest BCUT2D eigenvalue weighted by molar-refractivity contribution is -0.274. The maximum Gasteiger partial charge on any atom is 0.240 e. The van der Waals surface area contributed by atoms with Crippen LogP contribution in [0.3, 0.4) is 0 Å². The van der Waals surface area contributed by atoms with Crippen molar-refractivity contribution in [3.63, 3.8) is 0 Å². The quantitative estimate of drug-likeness (QED) is 0.315. The number of hydrogen-bond donors (Lipinski definition) is 5. The molecule has 108 valence electrons. The predicted molar refractivity (Wildman–Crippen MR) is 61.2 cm³/mol. The summed E-state index contributed by atoms with van der Waals surface area (Å²) in [5.41, 5.74) is 0. The van der Waals surface area contributed by atoms with Crippen molar-refractivity contribution in [2.24, 2.45) is 0 Å². The zero-order valence-electron chi connectivity index (χ0n) is 8.91. The fraction of sp³-hybridized carbons (Fsp3) is 1.00. The van der Waals surface area contributed by atoms with E-state index < -0.39 is 47.4 Å². The molecule has 0 aliphatic carbocycles. The highest BCUT2D eigenvalue weighted by Crippen LogP contribution is 2.33. The molecule has 0 bridgehead atoms. The van der Waals surface area contributed by atoms with Gasteiger partial charge in [-0.25, -0.2) is 0 Å². The van der Waals surface area contributed by atoms with Crippen LogP contribution < -0.4 is 0 Å². The normalized spacial score (nSPS) is 39.0. The lowest BCUT2D eigenvalue weighted by Crippen LogP contribution is -2.48. The van der Waals surface area contributed by atoms with Crippen molar-refractivity contribution in [2.45, 2.75) is 34.2 Å². The molecule has 5 atom stereocenters. The third kappa shape index (κ3) is 3.57. The third-order valence-corrected chi connectivity index (χ3v) is 2.99. The van der Waals surface area contributed by atoms with Gasteiger partial charge in [0.2, 0.25) is 15.9 Å². The highest BCUT2D eigenvalue weighted by Gasteiger charge is 2.54. The zero-order valence-corrected chi connectivity index (χ0v) is 11.2. The van der Waals surface area contributed by atoms with E-state index >= 15 is 0 Å². The van der Waals surface area contributed by atoms with Gasteiger partial charge in [0.25, 0.3) is 0 Å². The Morgan fingerprint density at radius 3 is 2.28 bits per heavy atom. The van der Waals surface area contributed by atoms with Crippen molar-refractivity contribution in [3.05, 3.63) is 0 Å². The van der Waals surface area contributed by atoms with E-state index in [4.69, 9.17) is 44.6 Å². The maximum absolute atomic E-state index is 9.84. The molecule has 5 N–H and O–H groups in total. The van der Waals surface area contributed by atoms with E-state index in [2.05, 4.69) is 4.74 Å². The Hall–Kier alpha value is 0.590. The van der Waals surface area contributed by atoms with Crippen molar-refractivity contribution in [2.75, 3.05) is 13.2 Å². The first kappa shape index (κ1) is 16.6. The summed E-state index contributed by atoms with van der Waals surface area (Å²) >= 11 is 16.0. The third-order valence-electron chi connectivity index (χ3n) is 2.43. The van der Waals surface area contributed by atoms with Crippen molar-refractivity contribution >= 4 is 34.8 Å². The van der Waals surface area contributed by atoms with E-state index in [0.29, 0.717) is 0 Å². The minimum atomic E-state index is -2.32.